The van der Waals surface area contributed by atoms with E-state index in [1.54, 1.807) is 11.3 Å². The van der Waals surface area contributed by atoms with Crippen LogP contribution in [0.15, 0.2) is 41.1 Å². The number of thiophene rings is 1. The highest BCUT2D eigenvalue weighted by molar-refractivity contribution is 7.07. The lowest BCUT2D eigenvalue weighted by molar-refractivity contribution is -0.132. The molecule has 1 aromatic carbocycles. The average Bonchev–Trinajstić information content (AvgIpc) is 3.14. The molecular weight excluding hydrogens is 280 g/mol. The van der Waals surface area contributed by atoms with Crippen molar-refractivity contribution in [2.45, 2.75) is 31.7 Å². The average molecular weight is 300 g/mol. The van der Waals surface area contributed by atoms with Gasteiger partial charge in [-0.1, -0.05) is 12.1 Å². The second-order valence-corrected chi connectivity index (χ2v) is 6.33. The molecule has 1 saturated heterocycles. The Hall–Kier alpha value is -1.81. The molecule has 2 N–H and O–H groups in total. The number of nitrogens with two attached hydrogens (primary N) is 1. The van der Waals surface area contributed by atoms with Crippen LogP contribution in [-0.2, 0) is 11.2 Å². The normalized spacial score (nSPS) is 18.1. The molecule has 1 aromatic heterocycles. The third-order valence-electron chi connectivity index (χ3n) is 4.08. The molecule has 0 aliphatic carbocycles. The maximum atomic E-state index is 12.5. The van der Waals surface area contributed by atoms with E-state index < -0.39 is 0 Å². The van der Waals surface area contributed by atoms with Gasteiger partial charge in [-0.05, 0) is 59.3 Å². The molecule has 1 unspecified atom stereocenters. The number of amides is 1. The highest BCUT2D eigenvalue weighted by atomic mass is 32.1. The molecule has 1 atom stereocenters. The van der Waals surface area contributed by atoms with Crippen molar-refractivity contribution < 1.29 is 4.79 Å². The summed E-state index contributed by atoms with van der Waals surface area (Å²) in [5.41, 5.74) is 8.96. The molecule has 0 saturated carbocycles. The molecule has 1 aliphatic rings. The van der Waals surface area contributed by atoms with E-state index in [1.807, 2.05) is 29.2 Å². The Morgan fingerprint density at radius 1 is 1.38 bits per heavy atom. The van der Waals surface area contributed by atoms with Gasteiger partial charge in [-0.2, -0.15) is 11.3 Å². The van der Waals surface area contributed by atoms with E-state index in [2.05, 4.69) is 16.8 Å². The van der Waals surface area contributed by atoms with Gasteiger partial charge < -0.3 is 10.6 Å². The van der Waals surface area contributed by atoms with E-state index in [0.717, 1.165) is 37.1 Å². The van der Waals surface area contributed by atoms with Crippen LogP contribution in [0, 0.1) is 0 Å². The van der Waals surface area contributed by atoms with Crippen molar-refractivity contribution in [2.24, 2.45) is 0 Å². The van der Waals surface area contributed by atoms with E-state index in [0.29, 0.717) is 6.42 Å². The minimum Gasteiger partial charge on any atom is -0.399 e. The number of hydrogen-bond acceptors (Lipinski definition) is 3. The first-order chi connectivity index (χ1) is 10.2. The van der Waals surface area contributed by atoms with Gasteiger partial charge in [-0.15, -0.1) is 0 Å². The molecule has 0 radical (unpaired) electrons. The zero-order chi connectivity index (χ0) is 14.7. The van der Waals surface area contributed by atoms with Crippen molar-refractivity contribution in [1.82, 2.24) is 4.90 Å². The third-order valence-corrected chi connectivity index (χ3v) is 4.78. The standard InChI is InChI=1S/C17H20N2OS/c18-15-4-1-3-13(11-15)6-7-17(20)19-9-2-5-16(19)14-8-10-21-12-14/h1,3-4,8,10-12,16H,2,5-7,9,18H2. The Morgan fingerprint density at radius 3 is 3.05 bits per heavy atom. The number of aryl methyl sites for hydroxylation is 1. The second kappa shape index (κ2) is 6.31. The summed E-state index contributed by atoms with van der Waals surface area (Å²) in [5.74, 6) is 0.256. The van der Waals surface area contributed by atoms with Gasteiger partial charge in [0.2, 0.25) is 5.91 Å². The van der Waals surface area contributed by atoms with Gasteiger partial charge in [0.15, 0.2) is 0 Å². The van der Waals surface area contributed by atoms with Gasteiger partial charge in [-0.3, -0.25) is 4.79 Å². The minimum absolute atomic E-state index is 0.256. The number of hydrogen-bond donors (Lipinski definition) is 1. The Bertz CT molecular complexity index is 609. The summed E-state index contributed by atoms with van der Waals surface area (Å²) < 4.78 is 0. The first kappa shape index (κ1) is 14.1. The Kier molecular flexibility index (Phi) is 4.25. The van der Waals surface area contributed by atoms with Crippen LogP contribution in [0.4, 0.5) is 5.69 Å². The molecule has 110 valence electrons. The molecule has 1 fully saturated rings. The second-order valence-electron chi connectivity index (χ2n) is 5.55. The summed E-state index contributed by atoms with van der Waals surface area (Å²) in [4.78, 5) is 14.6. The van der Waals surface area contributed by atoms with E-state index >= 15 is 0 Å². The van der Waals surface area contributed by atoms with Gasteiger partial charge >= 0.3 is 0 Å². The number of anilines is 1. The molecule has 1 aliphatic heterocycles. The molecule has 1 amide bonds. The fourth-order valence-electron chi connectivity index (χ4n) is 3.02. The summed E-state index contributed by atoms with van der Waals surface area (Å²) in [6.45, 7) is 0.885. The molecule has 2 heterocycles. The summed E-state index contributed by atoms with van der Waals surface area (Å²) in [6.07, 6.45) is 3.51. The number of benzene rings is 1. The number of nitrogens with zero attached hydrogens (tertiary/aromatic N) is 1. The molecule has 3 rings (SSSR count). The Morgan fingerprint density at radius 2 is 2.29 bits per heavy atom. The number of carbonyl (C=O) groups excluding carboxylic acids is 1. The van der Waals surface area contributed by atoms with Gasteiger partial charge in [0.25, 0.3) is 0 Å². The van der Waals surface area contributed by atoms with Crippen molar-refractivity contribution in [3.8, 4) is 0 Å². The molecule has 0 spiro atoms. The molecule has 21 heavy (non-hydrogen) atoms. The quantitative estimate of drug-likeness (QED) is 0.877. The summed E-state index contributed by atoms with van der Waals surface area (Å²) in [7, 11) is 0. The van der Waals surface area contributed by atoms with Crippen LogP contribution in [0.3, 0.4) is 0 Å². The predicted molar refractivity (Wildman–Crippen MR) is 87.2 cm³/mol. The molecular formula is C17H20N2OS. The van der Waals surface area contributed by atoms with E-state index in [1.165, 1.54) is 5.56 Å². The lowest BCUT2D eigenvalue weighted by Crippen LogP contribution is -2.30. The highest BCUT2D eigenvalue weighted by Gasteiger charge is 2.29. The van der Waals surface area contributed by atoms with Crippen molar-refractivity contribution in [2.75, 3.05) is 12.3 Å². The number of rotatable bonds is 4. The molecule has 0 bridgehead atoms. The largest absolute Gasteiger partial charge is 0.399 e. The molecule has 4 heteroatoms. The predicted octanol–water partition coefficient (Wildman–Crippen LogP) is 3.63. The summed E-state index contributed by atoms with van der Waals surface area (Å²) in [6, 6.07) is 10.2. The first-order valence-electron chi connectivity index (χ1n) is 7.40. The van der Waals surface area contributed by atoms with Crippen LogP contribution in [0.25, 0.3) is 0 Å². The maximum Gasteiger partial charge on any atom is 0.223 e. The van der Waals surface area contributed by atoms with Crippen molar-refractivity contribution >= 4 is 22.9 Å². The molecule has 2 aromatic rings. The Labute approximate surface area is 129 Å². The molecule has 3 nitrogen and oxygen atoms in total. The van der Waals surface area contributed by atoms with E-state index in [9.17, 15) is 4.79 Å². The number of carbonyl (C=O) groups is 1. The van der Waals surface area contributed by atoms with E-state index in [-0.39, 0.29) is 11.9 Å². The number of likely N-dealkylation sites (tertiary alicyclic amines) is 1. The van der Waals surface area contributed by atoms with Crippen LogP contribution in [-0.4, -0.2) is 17.4 Å². The number of nitrogen functional groups attached to an aromatic ring is 1. The lowest BCUT2D eigenvalue weighted by atomic mass is 10.1. The SMILES string of the molecule is Nc1cccc(CCC(=O)N2CCCC2c2ccsc2)c1. The monoisotopic (exact) mass is 300 g/mol. The fraction of sp³-hybridized carbons (Fsp3) is 0.353. The summed E-state index contributed by atoms with van der Waals surface area (Å²) in [5, 5.41) is 4.25. The maximum absolute atomic E-state index is 12.5. The smallest absolute Gasteiger partial charge is 0.223 e. The Balaban J connectivity index is 1.62. The van der Waals surface area contributed by atoms with Gasteiger partial charge in [0, 0.05) is 18.7 Å². The third kappa shape index (κ3) is 3.27. The van der Waals surface area contributed by atoms with Crippen molar-refractivity contribution in [3.05, 3.63) is 52.2 Å². The van der Waals surface area contributed by atoms with Crippen molar-refractivity contribution in [3.63, 3.8) is 0 Å². The minimum atomic E-state index is 0.256. The van der Waals surface area contributed by atoms with Gasteiger partial charge in [-0.25, -0.2) is 0 Å². The van der Waals surface area contributed by atoms with Crippen molar-refractivity contribution in [1.29, 1.82) is 0 Å². The van der Waals surface area contributed by atoms with Crippen LogP contribution in [0.1, 0.15) is 36.4 Å². The zero-order valence-electron chi connectivity index (χ0n) is 12.0. The van der Waals surface area contributed by atoms with Crippen LogP contribution in [0.2, 0.25) is 0 Å². The van der Waals surface area contributed by atoms with Gasteiger partial charge in [0.1, 0.15) is 0 Å². The van der Waals surface area contributed by atoms with Crippen LogP contribution in [0.5, 0.6) is 0 Å². The highest BCUT2D eigenvalue weighted by Crippen LogP contribution is 2.33. The first-order valence-corrected chi connectivity index (χ1v) is 8.34. The lowest BCUT2D eigenvalue weighted by Gasteiger charge is -2.24. The summed E-state index contributed by atoms with van der Waals surface area (Å²) >= 11 is 1.70. The fourth-order valence-corrected chi connectivity index (χ4v) is 3.73. The topological polar surface area (TPSA) is 46.3 Å². The van der Waals surface area contributed by atoms with Crippen LogP contribution >= 0.6 is 11.3 Å². The van der Waals surface area contributed by atoms with Crippen LogP contribution < -0.4 is 5.73 Å². The van der Waals surface area contributed by atoms with Gasteiger partial charge in [0.05, 0.1) is 6.04 Å². The zero-order valence-corrected chi connectivity index (χ0v) is 12.8. The van der Waals surface area contributed by atoms with E-state index in [4.69, 9.17) is 5.73 Å².